The number of hydrogen-bond donors (Lipinski definition) is 1. The van der Waals surface area contributed by atoms with Gasteiger partial charge in [-0.25, -0.2) is 4.98 Å². The predicted octanol–water partition coefficient (Wildman–Crippen LogP) is 4.67. The van der Waals surface area contributed by atoms with E-state index in [-0.39, 0.29) is 5.91 Å². The van der Waals surface area contributed by atoms with Crippen LogP contribution in [0.3, 0.4) is 0 Å². The van der Waals surface area contributed by atoms with Gasteiger partial charge in [-0.15, -0.1) is 11.3 Å². The molecule has 23 heavy (non-hydrogen) atoms. The number of carbonyl (C=O) groups excluding carboxylic acids is 1. The fourth-order valence-electron chi connectivity index (χ4n) is 2.04. The van der Waals surface area contributed by atoms with Crippen LogP contribution in [-0.4, -0.2) is 10.9 Å². The van der Waals surface area contributed by atoms with Gasteiger partial charge in [0.05, 0.1) is 5.69 Å². The van der Waals surface area contributed by atoms with Crippen molar-refractivity contribution in [2.45, 2.75) is 13.8 Å². The second-order valence-corrected chi connectivity index (χ2v) is 6.03. The first kappa shape index (κ1) is 15.2. The molecule has 3 rings (SSSR count). The highest BCUT2D eigenvalue weighted by Crippen LogP contribution is 2.25. The van der Waals surface area contributed by atoms with Crippen LogP contribution in [-0.2, 0) is 4.79 Å². The average Bonchev–Trinajstić information content (AvgIpc) is 3.15. The van der Waals surface area contributed by atoms with E-state index in [9.17, 15) is 4.79 Å². The zero-order valence-corrected chi connectivity index (χ0v) is 13.7. The van der Waals surface area contributed by atoms with Gasteiger partial charge >= 0.3 is 0 Å². The lowest BCUT2D eigenvalue weighted by Crippen LogP contribution is -2.07. The SMILES string of the molecule is Cc1ccc(-c2csc(NC(=O)C=Cc3ccc(C)o3)n2)cc1. The molecule has 0 aliphatic carbocycles. The summed E-state index contributed by atoms with van der Waals surface area (Å²) < 4.78 is 5.38. The fraction of sp³-hybridized carbons (Fsp3) is 0.111. The molecule has 1 amide bonds. The number of aromatic nitrogens is 1. The van der Waals surface area contributed by atoms with E-state index in [0.717, 1.165) is 17.0 Å². The largest absolute Gasteiger partial charge is 0.462 e. The van der Waals surface area contributed by atoms with Crippen LogP contribution >= 0.6 is 11.3 Å². The molecule has 0 unspecified atom stereocenters. The molecule has 0 atom stereocenters. The molecule has 0 saturated heterocycles. The van der Waals surface area contributed by atoms with E-state index in [0.29, 0.717) is 10.9 Å². The third kappa shape index (κ3) is 3.96. The van der Waals surface area contributed by atoms with Crippen LogP contribution < -0.4 is 5.32 Å². The summed E-state index contributed by atoms with van der Waals surface area (Å²) in [6, 6.07) is 11.8. The van der Waals surface area contributed by atoms with Gasteiger partial charge in [-0.2, -0.15) is 0 Å². The summed E-state index contributed by atoms with van der Waals surface area (Å²) in [6.07, 6.45) is 3.07. The molecule has 0 spiro atoms. The lowest BCUT2D eigenvalue weighted by atomic mass is 10.1. The molecule has 5 heteroatoms. The minimum atomic E-state index is -0.233. The Bertz CT molecular complexity index is 844. The summed E-state index contributed by atoms with van der Waals surface area (Å²) in [4.78, 5) is 16.3. The molecule has 4 nitrogen and oxygen atoms in total. The van der Waals surface area contributed by atoms with Crippen molar-refractivity contribution >= 4 is 28.5 Å². The quantitative estimate of drug-likeness (QED) is 0.709. The Morgan fingerprint density at radius 1 is 1.17 bits per heavy atom. The lowest BCUT2D eigenvalue weighted by molar-refractivity contribution is -0.111. The van der Waals surface area contributed by atoms with E-state index in [1.807, 2.05) is 55.6 Å². The van der Waals surface area contributed by atoms with Gasteiger partial charge in [-0.1, -0.05) is 29.8 Å². The molecule has 0 aliphatic heterocycles. The number of thiazole rings is 1. The van der Waals surface area contributed by atoms with Crippen LogP contribution in [0.4, 0.5) is 5.13 Å². The lowest BCUT2D eigenvalue weighted by Gasteiger charge is -1.98. The van der Waals surface area contributed by atoms with Crippen LogP contribution in [0, 0.1) is 13.8 Å². The highest BCUT2D eigenvalue weighted by Gasteiger charge is 2.06. The van der Waals surface area contributed by atoms with Gasteiger partial charge in [0, 0.05) is 17.0 Å². The van der Waals surface area contributed by atoms with Crippen LogP contribution in [0.2, 0.25) is 0 Å². The Kier molecular flexibility index (Phi) is 4.39. The number of hydrogen-bond acceptors (Lipinski definition) is 4. The second-order valence-electron chi connectivity index (χ2n) is 5.17. The van der Waals surface area contributed by atoms with Crippen molar-refractivity contribution in [3.05, 3.63) is 64.9 Å². The number of furan rings is 1. The Labute approximate surface area is 138 Å². The molecule has 0 bridgehead atoms. The Morgan fingerprint density at radius 3 is 2.65 bits per heavy atom. The molecule has 116 valence electrons. The molecular weight excluding hydrogens is 308 g/mol. The molecule has 3 aromatic rings. The molecule has 0 aliphatic rings. The van der Waals surface area contributed by atoms with Crippen LogP contribution in [0.5, 0.6) is 0 Å². The number of amides is 1. The third-order valence-electron chi connectivity index (χ3n) is 3.24. The zero-order chi connectivity index (χ0) is 16.2. The van der Waals surface area contributed by atoms with E-state index < -0.39 is 0 Å². The maximum atomic E-state index is 11.9. The molecule has 1 N–H and O–H groups in total. The summed E-state index contributed by atoms with van der Waals surface area (Å²) in [5, 5.41) is 5.27. The average molecular weight is 324 g/mol. The summed E-state index contributed by atoms with van der Waals surface area (Å²) in [5.74, 6) is 1.23. The molecule has 0 saturated carbocycles. The number of rotatable bonds is 4. The molecule has 2 aromatic heterocycles. The van der Waals surface area contributed by atoms with Gasteiger partial charge in [0.2, 0.25) is 5.91 Å². The molecule has 0 radical (unpaired) electrons. The van der Waals surface area contributed by atoms with Crippen molar-refractivity contribution in [2.24, 2.45) is 0 Å². The number of nitrogens with one attached hydrogen (secondary N) is 1. The normalized spacial score (nSPS) is 11.0. The minimum Gasteiger partial charge on any atom is -0.462 e. The third-order valence-corrected chi connectivity index (χ3v) is 4.00. The van der Waals surface area contributed by atoms with Crippen LogP contribution in [0.1, 0.15) is 17.1 Å². The molecule has 0 fully saturated rings. The van der Waals surface area contributed by atoms with Crippen molar-refractivity contribution in [3.8, 4) is 11.3 Å². The number of anilines is 1. The van der Waals surface area contributed by atoms with Gasteiger partial charge in [-0.3, -0.25) is 10.1 Å². The first-order chi connectivity index (χ1) is 11.1. The van der Waals surface area contributed by atoms with E-state index in [1.54, 1.807) is 6.08 Å². The molecule has 2 heterocycles. The molecular formula is C18H16N2O2S. The number of aryl methyl sites for hydroxylation is 2. The number of nitrogens with zero attached hydrogens (tertiary/aromatic N) is 1. The summed E-state index contributed by atoms with van der Waals surface area (Å²) in [5.41, 5.74) is 3.10. The Hall–Kier alpha value is -2.66. The summed E-state index contributed by atoms with van der Waals surface area (Å²) in [7, 11) is 0. The van der Waals surface area contributed by atoms with Gasteiger partial charge in [-0.05, 0) is 32.1 Å². The summed E-state index contributed by atoms with van der Waals surface area (Å²) >= 11 is 1.40. The highest BCUT2D eigenvalue weighted by atomic mass is 32.1. The van der Waals surface area contributed by atoms with Gasteiger partial charge in [0.25, 0.3) is 0 Å². The topological polar surface area (TPSA) is 55.1 Å². The van der Waals surface area contributed by atoms with Gasteiger partial charge in [0.1, 0.15) is 11.5 Å². The first-order valence-electron chi connectivity index (χ1n) is 7.18. The van der Waals surface area contributed by atoms with Crippen molar-refractivity contribution in [2.75, 3.05) is 5.32 Å². The predicted molar refractivity (Wildman–Crippen MR) is 93.4 cm³/mol. The zero-order valence-electron chi connectivity index (χ0n) is 12.9. The minimum absolute atomic E-state index is 0.233. The second kappa shape index (κ2) is 6.62. The number of carbonyl (C=O) groups is 1. The monoisotopic (exact) mass is 324 g/mol. The molecule has 1 aromatic carbocycles. The maximum Gasteiger partial charge on any atom is 0.250 e. The van der Waals surface area contributed by atoms with E-state index in [2.05, 4.69) is 10.3 Å². The van der Waals surface area contributed by atoms with E-state index in [4.69, 9.17) is 4.42 Å². The van der Waals surface area contributed by atoms with Gasteiger partial charge in [0.15, 0.2) is 5.13 Å². The van der Waals surface area contributed by atoms with Gasteiger partial charge < -0.3 is 4.42 Å². The van der Waals surface area contributed by atoms with Crippen molar-refractivity contribution < 1.29 is 9.21 Å². The summed E-state index contributed by atoms with van der Waals surface area (Å²) in [6.45, 7) is 3.91. The van der Waals surface area contributed by atoms with E-state index in [1.165, 1.54) is 23.0 Å². The van der Waals surface area contributed by atoms with E-state index >= 15 is 0 Å². The first-order valence-corrected chi connectivity index (χ1v) is 8.06. The van der Waals surface area contributed by atoms with Crippen LogP contribution in [0.25, 0.3) is 17.3 Å². The smallest absolute Gasteiger partial charge is 0.250 e. The Morgan fingerprint density at radius 2 is 1.96 bits per heavy atom. The van der Waals surface area contributed by atoms with Crippen molar-refractivity contribution in [1.29, 1.82) is 0 Å². The Balaban J connectivity index is 1.65. The highest BCUT2D eigenvalue weighted by molar-refractivity contribution is 7.14. The standard InChI is InChI=1S/C18H16N2O2S/c1-12-3-6-14(7-4-12)16-11-23-18(19-16)20-17(21)10-9-15-8-5-13(2)22-15/h3-11H,1-2H3,(H,19,20,21). The number of benzene rings is 1. The maximum absolute atomic E-state index is 11.9. The fourth-order valence-corrected chi connectivity index (χ4v) is 2.76. The van der Waals surface area contributed by atoms with Crippen molar-refractivity contribution in [3.63, 3.8) is 0 Å². The van der Waals surface area contributed by atoms with Crippen molar-refractivity contribution in [1.82, 2.24) is 4.98 Å². The van der Waals surface area contributed by atoms with Crippen LogP contribution in [0.15, 0.2) is 52.3 Å².